The molecule has 0 fully saturated rings. The van der Waals surface area contributed by atoms with Gasteiger partial charge in [-0.15, -0.1) is 23.5 Å². The number of unbranched alkanes of at least 4 members (excludes halogenated alkanes) is 3. The standard InChI is InChI=1S/C28H42N8O2S2/c29-25(35-27(37)33-19-11-21-39-23-13-5-3-6-14-23)31-17-9-1-2-10-18-32-26(30)36-28(38)34-20-12-22-40-24-15-7-4-8-16-24/h3-8,13-16H,1-2,9-12,17-22H2,(H4,29,31,33,35,37)(H4,30,32,34,36,38). The van der Waals surface area contributed by atoms with Crippen LogP contribution >= 0.6 is 23.5 Å². The Bertz CT molecular complexity index is 956. The number of carbonyl (C=O) groups excluding carboxylic acids is 2. The summed E-state index contributed by atoms with van der Waals surface area (Å²) in [4.78, 5) is 33.8. The second-order valence-electron chi connectivity index (χ2n) is 8.76. The number of nitrogens with one attached hydrogen (secondary N) is 4. The zero-order valence-corrected chi connectivity index (χ0v) is 24.6. The highest BCUT2D eigenvalue weighted by Gasteiger charge is 2.02. The van der Waals surface area contributed by atoms with Crippen LogP contribution in [0.4, 0.5) is 9.59 Å². The number of benzene rings is 2. The first-order valence-corrected chi connectivity index (χ1v) is 15.6. The molecule has 218 valence electrons. The van der Waals surface area contributed by atoms with Gasteiger partial charge in [-0.05, 0) is 61.5 Å². The first-order chi connectivity index (χ1) is 19.5. The van der Waals surface area contributed by atoms with Gasteiger partial charge in [-0.25, -0.2) is 9.59 Å². The Balaban J connectivity index is 1.39. The highest BCUT2D eigenvalue weighted by Crippen LogP contribution is 2.18. The van der Waals surface area contributed by atoms with Gasteiger partial charge in [0.1, 0.15) is 0 Å². The molecule has 2 rings (SSSR count). The average Bonchev–Trinajstić information content (AvgIpc) is 2.95. The van der Waals surface area contributed by atoms with E-state index in [4.69, 9.17) is 11.5 Å². The molecule has 0 atom stereocenters. The van der Waals surface area contributed by atoms with Crippen LogP contribution in [0.1, 0.15) is 38.5 Å². The number of aliphatic imine (C=N–C) groups is 2. The van der Waals surface area contributed by atoms with Crippen LogP contribution in [0.2, 0.25) is 0 Å². The number of carbonyl (C=O) groups is 2. The molecule has 12 heteroatoms. The number of rotatable bonds is 17. The molecule has 2 aromatic rings. The topological polar surface area (TPSA) is 159 Å². The molecule has 0 saturated carbocycles. The molecule has 0 spiro atoms. The summed E-state index contributed by atoms with van der Waals surface area (Å²) in [6.45, 7) is 2.38. The fourth-order valence-corrected chi connectivity index (χ4v) is 5.11. The highest BCUT2D eigenvalue weighted by atomic mass is 32.2. The maximum absolute atomic E-state index is 11.9. The predicted molar refractivity (Wildman–Crippen MR) is 168 cm³/mol. The van der Waals surface area contributed by atoms with Crippen molar-refractivity contribution >= 4 is 47.5 Å². The van der Waals surface area contributed by atoms with Gasteiger partial charge in [0.25, 0.3) is 0 Å². The van der Waals surface area contributed by atoms with Gasteiger partial charge >= 0.3 is 12.1 Å². The van der Waals surface area contributed by atoms with E-state index >= 15 is 0 Å². The van der Waals surface area contributed by atoms with E-state index in [1.165, 1.54) is 9.79 Å². The van der Waals surface area contributed by atoms with Gasteiger partial charge in [0.2, 0.25) is 0 Å². The summed E-state index contributed by atoms with van der Waals surface area (Å²) in [7, 11) is 0. The minimum atomic E-state index is -0.434. The maximum atomic E-state index is 11.9. The Labute approximate surface area is 246 Å². The van der Waals surface area contributed by atoms with Crippen molar-refractivity contribution in [1.29, 1.82) is 0 Å². The van der Waals surface area contributed by atoms with Gasteiger partial charge in [0, 0.05) is 36.0 Å². The van der Waals surface area contributed by atoms with Crippen LogP contribution in [0, 0.1) is 0 Å². The molecule has 0 unspecified atom stereocenters. The second kappa shape index (κ2) is 21.4. The minimum absolute atomic E-state index is 0.120. The van der Waals surface area contributed by atoms with Crippen LogP contribution in [0.15, 0.2) is 80.4 Å². The van der Waals surface area contributed by atoms with Crippen molar-refractivity contribution in [3.05, 3.63) is 60.7 Å². The molecule has 0 saturated heterocycles. The average molecular weight is 587 g/mol. The Kier molecular flexibility index (Phi) is 17.6. The van der Waals surface area contributed by atoms with Crippen LogP contribution < -0.4 is 32.7 Å². The van der Waals surface area contributed by atoms with Crippen LogP contribution in [0.25, 0.3) is 0 Å². The number of urea groups is 2. The molecule has 0 aromatic heterocycles. The molecular weight excluding hydrogens is 544 g/mol. The molecule has 4 amide bonds. The molecule has 0 heterocycles. The third-order valence-corrected chi connectivity index (χ3v) is 7.57. The monoisotopic (exact) mass is 586 g/mol. The molecule has 0 aliphatic heterocycles. The SMILES string of the molecule is NC(=NC(=O)NCCCSc1ccccc1)NCCCCCCNC(N)=NC(=O)NCCCSc1ccccc1. The lowest BCUT2D eigenvalue weighted by atomic mass is 10.2. The molecule has 0 aliphatic carbocycles. The van der Waals surface area contributed by atoms with E-state index < -0.39 is 12.1 Å². The first kappa shape index (κ1) is 32.8. The van der Waals surface area contributed by atoms with Gasteiger partial charge in [-0.2, -0.15) is 9.98 Å². The minimum Gasteiger partial charge on any atom is -0.370 e. The molecule has 8 N–H and O–H groups in total. The van der Waals surface area contributed by atoms with E-state index in [1.54, 1.807) is 23.5 Å². The first-order valence-electron chi connectivity index (χ1n) is 13.6. The summed E-state index contributed by atoms with van der Waals surface area (Å²) in [6.07, 6.45) is 5.44. The number of thioether (sulfide) groups is 2. The van der Waals surface area contributed by atoms with Crippen LogP contribution in [0.3, 0.4) is 0 Å². The fraction of sp³-hybridized carbons (Fsp3) is 0.429. The van der Waals surface area contributed by atoms with Crippen molar-refractivity contribution < 1.29 is 9.59 Å². The smallest absolute Gasteiger partial charge is 0.344 e. The van der Waals surface area contributed by atoms with Crippen molar-refractivity contribution in [2.24, 2.45) is 21.5 Å². The zero-order valence-electron chi connectivity index (χ0n) is 22.9. The number of nitrogens with two attached hydrogens (primary N) is 2. The summed E-state index contributed by atoms with van der Waals surface area (Å²) >= 11 is 3.51. The third-order valence-electron chi connectivity index (χ3n) is 5.38. The maximum Gasteiger partial charge on any atom is 0.344 e. The van der Waals surface area contributed by atoms with Crippen molar-refractivity contribution in [2.45, 2.75) is 48.3 Å². The molecule has 10 nitrogen and oxygen atoms in total. The summed E-state index contributed by atoms with van der Waals surface area (Å²) in [5.74, 6) is 2.08. The third kappa shape index (κ3) is 17.3. The van der Waals surface area contributed by atoms with Crippen molar-refractivity contribution in [3.63, 3.8) is 0 Å². The normalized spacial score (nSPS) is 11.6. The van der Waals surface area contributed by atoms with E-state index in [0.717, 1.165) is 50.0 Å². The lowest BCUT2D eigenvalue weighted by Gasteiger charge is -2.07. The summed E-state index contributed by atoms with van der Waals surface area (Å²) in [5, 5.41) is 11.4. The Morgan fingerprint density at radius 3 is 1.32 bits per heavy atom. The van der Waals surface area contributed by atoms with Gasteiger partial charge in [0.05, 0.1) is 0 Å². The van der Waals surface area contributed by atoms with E-state index in [2.05, 4.69) is 55.5 Å². The van der Waals surface area contributed by atoms with Crippen LogP contribution in [-0.2, 0) is 0 Å². The van der Waals surface area contributed by atoms with Crippen molar-refractivity contribution in [2.75, 3.05) is 37.7 Å². The lowest BCUT2D eigenvalue weighted by Crippen LogP contribution is -2.35. The summed E-state index contributed by atoms with van der Waals surface area (Å²) < 4.78 is 0. The molecule has 0 bridgehead atoms. The second-order valence-corrected chi connectivity index (χ2v) is 11.1. The highest BCUT2D eigenvalue weighted by molar-refractivity contribution is 7.99. The quantitative estimate of drug-likeness (QED) is 0.0698. The lowest BCUT2D eigenvalue weighted by molar-refractivity contribution is 0.248. The fourth-order valence-electron chi connectivity index (χ4n) is 3.36. The van der Waals surface area contributed by atoms with Gasteiger partial charge < -0.3 is 32.7 Å². The molecule has 40 heavy (non-hydrogen) atoms. The largest absolute Gasteiger partial charge is 0.370 e. The summed E-state index contributed by atoms with van der Waals surface area (Å²) in [6, 6.07) is 19.4. The predicted octanol–water partition coefficient (Wildman–Crippen LogP) is 4.14. The van der Waals surface area contributed by atoms with Gasteiger partial charge in [-0.3, -0.25) is 0 Å². The Morgan fingerprint density at radius 1 is 0.550 bits per heavy atom. The molecular formula is C28H42N8O2S2. The van der Waals surface area contributed by atoms with Gasteiger partial charge in [0.15, 0.2) is 11.9 Å². The number of hydrogen-bond acceptors (Lipinski definition) is 4. The van der Waals surface area contributed by atoms with E-state index in [9.17, 15) is 9.59 Å². The zero-order chi connectivity index (χ0) is 28.7. The summed E-state index contributed by atoms with van der Waals surface area (Å²) in [5.41, 5.74) is 11.6. The molecule has 0 radical (unpaired) electrons. The number of guanidine groups is 2. The van der Waals surface area contributed by atoms with E-state index in [1.807, 2.05) is 36.4 Å². The Morgan fingerprint density at radius 2 is 0.925 bits per heavy atom. The van der Waals surface area contributed by atoms with E-state index in [-0.39, 0.29) is 11.9 Å². The number of amides is 4. The molecule has 2 aromatic carbocycles. The van der Waals surface area contributed by atoms with Crippen molar-refractivity contribution in [3.8, 4) is 0 Å². The number of nitrogens with zero attached hydrogens (tertiary/aromatic N) is 2. The van der Waals surface area contributed by atoms with Crippen LogP contribution in [-0.4, -0.2) is 61.7 Å². The van der Waals surface area contributed by atoms with Crippen molar-refractivity contribution in [1.82, 2.24) is 21.3 Å². The number of hydrogen-bond donors (Lipinski definition) is 6. The Hall–Kier alpha value is -3.38. The van der Waals surface area contributed by atoms with Crippen LogP contribution in [0.5, 0.6) is 0 Å². The van der Waals surface area contributed by atoms with Gasteiger partial charge in [-0.1, -0.05) is 49.2 Å². The molecule has 0 aliphatic rings. The van der Waals surface area contributed by atoms with E-state index in [0.29, 0.717) is 26.2 Å².